The Kier molecular flexibility index (Phi) is 7.41. The van der Waals surface area contributed by atoms with Crippen LogP contribution < -0.4 is 9.91 Å². The summed E-state index contributed by atoms with van der Waals surface area (Å²) in [5.41, 5.74) is 4.31. The van der Waals surface area contributed by atoms with E-state index in [-0.39, 0.29) is 5.91 Å². The zero-order valence-electron chi connectivity index (χ0n) is 20.0. The van der Waals surface area contributed by atoms with Gasteiger partial charge in [-0.15, -0.1) is 11.8 Å². The van der Waals surface area contributed by atoms with Gasteiger partial charge in [-0.2, -0.15) is 10.1 Å². The molecule has 8 heteroatoms. The van der Waals surface area contributed by atoms with Crippen molar-refractivity contribution in [1.29, 1.82) is 0 Å². The highest BCUT2D eigenvalue weighted by Gasteiger charge is 2.33. The highest BCUT2D eigenvalue weighted by molar-refractivity contribution is 8.00. The molecule has 3 aromatic carbocycles. The Balaban J connectivity index is 1.47. The van der Waals surface area contributed by atoms with E-state index >= 15 is 0 Å². The van der Waals surface area contributed by atoms with Gasteiger partial charge in [0.1, 0.15) is 0 Å². The number of thioether (sulfide) groups is 1. The summed E-state index contributed by atoms with van der Waals surface area (Å²) in [6, 6.07) is 23.9. The molecule has 5 rings (SSSR count). The molecule has 182 valence electrons. The Morgan fingerprint density at radius 3 is 2.42 bits per heavy atom. The van der Waals surface area contributed by atoms with Crippen LogP contribution in [-0.2, 0) is 4.79 Å². The number of carbonyl (C=O) groups is 1. The van der Waals surface area contributed by atoms with Crippen molar-refractivity contribution < 1.29 is 4.79 Å². The number of fused-ring (bicyclic) bond motifs is 1. The lowest BCUT2D eigenvalue weighted by Crippen LogP contribution is -2.21. The molecule has 36 heavy (non-hydrogen) atoms. The molecule has 1 aliphatic rings. The van der Waals surface area contributed by atoms with E-state index < -0.39 is 0 Å². The molecular weight excluding hydrogens is 508 g/mol. The number of nitrogens with zero attached hydrogens (tertiary/aromatic N) is 4. The van der Waals surface area contributed by atoms with Crippen molar-refractivity contribution >= 4 is 73.4 Å². The molecule has 4 aromatic rings. The maximum Gasteiger partial charge on any atom is 0.282 e. The average molecular weight is 533 g/mol. The van der Waals surface area contributed by atoms with Gasteiger partial charge in [0.05, 0.1) is 21.5 Å². The maximum absolute atomic E-state index is 13.6. The van der Waals surface area contributed by atoms with Crippen LogP contribution in [-0.4, -0.2) is 35.4 Å². The van der Waals surface area contributed by atoms with E-state index in [1.807, 2.05) is 54.6 Å². The van der Waals surface area contributed by atoms with Crippen molar-refractivity contribution in [3.63, 3.8) is 0 Å². The molecular formula is C28H25ClN4OS2. The fourth-order valence-electron chi connectivity index (χ4n) is 4.01. The normalized spacial score (nSPS) is 14.6. The molecule has 0 spiro atoms. The second kappa shape index (κ2) is 10.9. The predicted octanol–water partition coefficient (Wildman–Crippen LogP) is 7.37. The van der Waals surface area contributed by atoms with Gasteiger partial charge < -0.3 is 4.90 Å². The molecule has 0 aliphatic carbocycles. The lowest BCUT2D eigenvalue weighted by Gasteiger charge is -2.20. The van der Waals surface area contributed by atoms with Crippen LogP contribution in [0.15, 0.2) is 88.4 Å². The lowest BCUT2D eigenvalue weighted by molar-refractivity contribution is -0.114. The standard InChI is InChI=1S/C28H25ClN4OS2/c1-3-32(4-2)21-13-9-19(10-14-21)17-23-25(18-35-22-15-11-20(29)12-16-22)31-33(27(23)34)28-30-24-7-5-6-8-26(24)36-28/h5-17H,3-4,18H2,1-2H3/b23-17+. The van der Waals surface area contributed by atoms with Gasteiger partial charge >= 0.3 is 0 Å². The number of aromatic nitrogens is 1. The van der Waals surface area contributed by atoms with Gasteiger partial charge in [-0.1, -0.05) is 47.2 Å². The molecule has 0 atom stereocenters. The first-order valence-corrected chi connectivity index (χ1v) is 14.0. The summed E-state index contributed by atoms with van der Waals surface area (Å²) in [6.45, 7) is 6.19. The fourth-order valence-corrected chi connectivity index (χ4v) is 5.90. The van der Waals surface area contributed by atoms with Crippen molar-refractivity contribution in [1.82, 2.24) is 4.98 Å². The number of carbonyl (C=O) groups excluding carboxylic acids is 1. The smallest absolute Gasteiger partial charge is 0.282 e. The minimum Gasteiger partial charge on any atom is -0.372 e. The second-order valence-electron chi connectivity index (χ2n) is 8.19. The second-order valence-corrected chi connectivity index (χ2v) is 10.7. The van der Waals surface area contributed by atoms with Crippen LogP contribution in [0.25, 0.3) is 16.3 Å². The van der Waals surface area contributed by atoms with Gasteiger partial charge in [0.15, 0.2) is 0 Å². The number of thiazole rings is 1. The van der Waals surface area contributed by atoms with Crippen LogP contribution in [0.1, 0.15) is 19.4 Å². The van der Waals surface area contributed by atoms with Gasteiger partial charge in [-0.05, 0) is 74.0 Å². The molecule has 0 saturated heterocycles. The van der Waals surface area contributed by atoms with Crippen LogP contribution in [0.4, 0.5) is 10.8 Å². The van der Waals surface area contributed by atoms with Crippen molar-refractivity contribution in [2.45, 2.75) is 18.7 Å². The SMILES string of the molecule is CCN(CC)c1ccc(/C=C2/C(=O)N(c3nc4ccccc4s3)N=C2CSc2ccc(Cl)cc2)cc1. The molecule has 1 amide bonds. The van der Waals surface area contributed by atoms with Crippen LogP contribution in [0.3, 0.4) is 0 Å². The first-order valence-electron chi connectivity index (χ1n) is 11.8. The van der Waals surface area contributed by atoms with Crippen molar-refractivity contribution in [2.75, 3.05) is 28.8 Å². The lowest BCUT2D eigenvalue weighted by atomic mass is 10.1. The predicted molar refractivity (Wildman–Crippen MR) is 155 cm³/mol. The monoisotopic (exact) mass is 532 g/mol. The van der Waals surface area contributed by atoms with E-state index in [2.05, 4.69) is 48.0 Å². The van der Waals surface area contributed by atoms with Gasteiger partial charge in [0.2, 0.25) is 5.13 Å². The number of hydrogen-bond acceptors (Lipinski definition) is 6. The largest absolute Gasteiger partial charge is 0.372 e. The quantitative estimate of drug-likeness (QED) is 0.175. The van der Waals surface area contributed by atoms with Crippen molar-refractivity contribution in [3.05, 3.63) is 89.0 Å². The third-order valence-corrected chi connectivity index (χ3v) is 8.23. The number of amides is 1. The Hall–Kier alpha value is -3.13. The summed E-state index contributed by atoms with van der Waals surface area (Å²) in [4.78, 5) is 21.6. The Labute approximate surface area is 224 Å². The number of anilines is 2. The number of hydrogen-bond donors (Lipinski definition) is 0. The minimum absolute atomic E-state index is 0.159. The highest BCUT2D eigenvalue weighted by atomic mass is 35.5. The van der Waals surface area contributed by atoms with E-state index in [9.17, 15) is 4.79 Å². The van der Waals surface area contributed by atoms with Gasteiger partial charge in [-0.3, -0.25) is 4.79 Å². The molecule has 0 fully saturated rings. The summed E-state index contributed by atoms with van der Waals surface area (Å²) < 4.78 is 1.03. The molecule has 0 saturated carbocycles. The Bertz CT molecular complexity index is 1410. The van der Waals surface area contributed by atoms with Crippen LogP contribution >= 0.6 is 34.7 Å². The fraction of sp³-hybridized carbons (Fsp3) is 0.179. The topological polar surface area (TPSA) is 48.8 Å². The van der Waals surface area contributed by atoms with E-state index in [1.54, 1.807) is 11.8 Å². The molecule has 1 aromatic heterocycles. The summed E-state index contributed by atoms with van der Waals surface area (Å²) in [6.07, 6.45) is 1.93. The first-order chi connectivity index (χ1) is 17.6. The molecule has 0 bridgehead atoms. The third kappa shape index (κ3) is 5.19. The summed E-state index contributed by atoms with van der Waals surface area (Å²) in [5.74, 6) is 0.395. The molecule has 1 aliphatic heterocycles. The van der Waals surface area contributed by atoms with E-state index in [1.165, 1.54) is 22.0 Å². The van der Waals surface area contributed by atoms with E-state index in [0.717, 1.165) is 39.5 Å². The van der Waals surface area contributed by atoms with E-state index in [4.69, 9.17) is 16.7 Å². The summed E-state index contributed by atoms with van der Waals surface area (Å²) in [7, 11) is 0. The maximum atomic E-state index is 13.6. The van der Waals surface area contributed by atoms with Gasteiger partial charge in [-0.25, -0.2) is 4.98 Å². The van der Waals surface area contributed by atoms with Crippen LogP contribution in [0.5, 0.6) is 0 Å². The average Bonchev–Trinajstić information content (AvgIpc) is 3.46. The Morgan fingerprint density at radius 1 is 1.00 bits per heavy atom. The summed E-state index contributed by atoms with van der Waals surface area (Å²) in [5, 5.41) is 7.46. The number of rotatable bonds is 8. The van der Waals surface area contributed by atoms with Crippen LogP contribution in [0, 0.1) is 0 Å². The molecule has 5 nitrogen and oxygen atoms in total. The third-order valence-electron chi connectivity index (χ3n) is 5.94. The minimum atomic E-state index is -0.159. The molecule has 0 N–H and O–H groups in total. The Morgan fingerprint density at radius 2 is 1.72 bits per heavy atom. The zero-order valence-corrected chi connectivity index (χ0v) is 22.4. The molecule has 2 heterocycles. The zero-order chi connectivity index (χ0) is 25.1. The molecule has 0 unspecified atom stereocenters. The van der Waals surface area contributed by atoms with Crippen LogP contribution in [0.2, 0.25) is 5.02 Å². The van der Waals surface area contributed by atoms with Gasteiger partial charge in [0.25, 0.3) is 5.91 Å². The van der Waals surface area contributed by atoms with Gasteiger partial charge in [0, 0.05) is 34.4 Å². The number of benzene rings is 3. The number of hydrazone groups is 1. The van der Waals surface area contributed by atoms with E-state index in [0.29, 0.717) is 21.5 Å². The number of halogens is 1. The number of para-hydroxylation sites is 1. The highest BCUT2D eigenvalue weighted by Crippen LogP contribution is 2.34. The summed E-state index contributed by atoms with van der Waals surface area (Å²) >= 11 is 9.13. The molecule has 0 radical (unpaired) electrons. The van der Waals surface area contributed by atoms with Crippen molar-refractivity contribution in [2.24, 2.45) is 5.10 Å². The van der Waals surface area contributed by atoms with Crippen molar-refractivity contribution in [3.8, 4) is 0 Å². The first kappa shape index (κ1) is 24.6.